The van der Waals surface area contributed by atoms with Crippen molar-refractivity contribution >= 4 is 0 Å². The van der Waals surface area contributed by atoms with Gasteiger partial charge < -0.3 is 5.32 Å². The first-order chi connectivity index (χ1) is 9.34. The van der Waals surface area contributed by atoms with Gasteiger partial charge in [-0.15, -0.1) is 0 Å². The summed E-state index contributed by atoms with van der Waals surface area (Å²) in [6.07, 6.45) is 13.3. The van der Waals surface area contributed by atoms with Gasteiger partial charge in [-0.2, -0.15) is 0 Å². The fourth-order valence-corrected chi connectivity index (χ4v) is 4.76. The van der Waals surface area contributed by atoms with E-state index in [-0.39, 0.29) is 0 Å². The van der Waals surface area contributed by atoms with Crippen molar-refractivity contribution in [2.45, 2.75) is 76.8 Å². The van der Waals surface area contributed by atoms with E-state index in [1.54, 1.807) is 0 Å². The summed E-state index contributed by atoms with van der Waals surface area (Å²) in [5.41, 5.74) is 0. The van der Waals surface area contributed by atoms with Crippen molar-refractivity contribution in [1.82, 2.24) is 10.2 Å². The lowest BCUT2D eigenvalue weighted by Gasteiger charge is -2.43. The average Bonchev–Trinajstić information content (AvgIpc) is 3.02. The van der Waals surface area contributed by atoms with E-state index in [9.17, 15) is 0 Å². The van der Waals surface area contributed by atoms with Gasteiger partial charge in [-0.3, -0.25) is 4.90 Å². The van der Waals surface area contributed by atoms with Crippen LogP contribution in [0.5, 0.6) is 0 Å². The lowest BCUT2D eigenvalue weighted by atomic mass is 9.82. The SMILES string of the molecule is CC(C1CCCC1)N1CCNC(C2CCCCC2)C1. The third-order valence-electron chi connectivity index (χ3n) is 6.11. The van der Waals surface area contributed by atoms with Crippen molar-refractivity contribution < 1.29 is 0 Å². The van der Waals surface area contributed by atoms with Crippen LogP contribution in [0, 0.1) is 11.8 Å². The van der Waals surface area contributed by atoms with Crippen LogP contribution in [-0.2, 0) is 0 Å². The number of piperazine rings is 1. The number of rotatable bonds is 3. The molecule has 3 fully saturated rings. The number of hydrogen-bond acceptors (Lipinski definition) is 2. The molecule has 2 atom stereocenters. The molecule has 2 heteroatoms. The highest BCUT2D eigenvalue weighted by Gasteiger charge is 2.32. The van der Waals surface area contributed by atoms with Crippen molar-refractivity contribution in [3.05, 3.63) is 0 Å². The van der Waals surface area contributed by atoms with E-state index < -0.39 is 0 Å². The lowest BCUT2D eigenvalue weighted by Crippen LogP contribution is -2.57. The molecule has 1 saturated heterocycles. The molecule has 1 aliphatic heterocycles. The molecule has 2 nitrogen and oxygen atoms in total. The Hall–Kier alpha value is -0.0800. The van der Waals surface area contributed by atoms with E-state index in [2.05, 4.69) is 17.1 Å². The summed E-state index contributed by atoms with van der Waals surface area (Å²) in [5, 5.41) is 3.82. The smallest absolute Gasteiger partial charge is 0.0223 e. The van der Waals surface area contributed by atoms with Crippen LogP contribution in [-0.4, -0.2) is 36.6 Å². The van der Waals surface area contributed by atoms with E-state index in [4.69, 9.17) is 0 Å². The van der Waals surface area contributed by atoms with Gasteiger partial charge in [-0.1, -0.05) is 32.1 Å². The normalized spacial score (nSPS) is 33.6. The van der Waals surface area contributed by atoms with Gasteiger partial charge in [-0.25, -0.2) is 0 Å². The Morgan fingerprint density at radius 3 is 2.37 bits per heavy atom. The molecule has 0 bridgehead atoms. The zero-order valence-corrected chi connectivity index (χ0v) is 12.7. The first-order valence-corrected chi connectivity index (χ1v) is 8.82. The van der Waals surface area contributed by atoms with Gasteiger partial charge in [0.05, 0.1) is 0 Å². The fourth-order valence-electron chi connectivity index (χ4n) is 4.76. The Morgan fingerprint density at radius 1 is 0.947 bits per heavy atom. The quantitative estimate of drug-likeness (QED) is 0.840. The summed E-state index contributed by atoms with van der Waals surface area (Å²) in [5.74, 6) is 1.96. The molecule has 2 saturated carbocycles. The monoisotopic (exact) mass is 264 g/mol. The molecule has 3 aliphatic rings. The van der Waals surface area contributed by atoms with Crippen molar-refractivity contribution in [2.24, 2.45) is 11.8 Å². The third-order valence-corrected chi connectivity index (χ3v) is 6.11. The number of nitrogens with zero attached hydrogens (tertiary/aromatic N) is 1. The Balaban J connectivity index is 1.54. The molecule has 0 amide bonds. The molecule has 1 N–H and O–H groups in total. The van der Waals surface area contributed by atoms with Crippen LogP contribution < -0.4 is 5.32 Å². The Morgan fingerprint density at radius 2 is 1.63 bits per heavy atom. The van der Waals surface area contributed by atoms with Crippen LogP contribution in [0.1, 0.15) is 64.7 Å². The van der Waals surface area contributed by atoms with Crippen LogP contribution in [0.4, 0.5) is 0 Å². The van der Waals surface area contributed by atoms with Crippen LogP contribution in [0.2, 0.25) is 0 Å². The van der Waals surface area contributed by atoms with Gasteiger partial charge in [0.25, 0.3) is 0 Å². The number of nitrogens with one attached hydrogen (secondary N) is 1. The standard InChI is InChI=1S/C17H32N2/c1-14(15-7-5-6-8-15)19-12-11-18-17(13-19)16-9-3-2-4-10-16/h14-18H,2-13H2,1H3. The van der Waals surface area contributed by atoms with Gasteiger partial charge in [0.2, 0.25) is 0 Å². The van der Waals surface area contributed by atoms with Gasteiger partial charge in [0.1, 0.15) is 0 Å². The van der Waals surface area contributed by atoms with E-state index in [0.29, 0.717) is 0 Å². The number of hydrogen-bond donors (Lipinski definition) is 1. The second-order valence-corrected chi connectivity index (χ2v) is 7.24. The Kier molecular flexibility index (Phi) is 4.81. The molecule has 0 spiro atoms. The van der Waals surface area contributed by atoms with E-state index in [0.717, 1.165) is 23.9 Å². The van der Waals surface area contributed by atoms with E-state index in [1.165, 1.54) is 77.4 Å². The molecule has 0 radical (unpaired) electrons. The Labute approximate surface area is 119 Å². The summed E-state index contributed by atoms with van der Waals surface area (Å²) in [6, 6.07) is 1.62. The third kappa shape index (κ3) is 3.33. The molecule has 3 rings (SSSR count). The maximum atomic E-state index is 3.82. The molecule has 1 heterocycles. The molecule has 110 valence electrons. The molecular formula is C17H32N2. The predicted molar refractivity (Wildman–Crippen MR) is 81.4 cm³/mol. The van der Waals surface area contributed by atoms with Gasteiger partial charge in [0.15, 0.2) is 0 Å². The highest BCUT2D eigenvalue weighted by Crippen LogP contribution is 2.32. The van der Waals surface area contributed by atoms with E-state index in [1.807, 2.05) is 0 Å². The van der Waals surface area contributed by atoms with Gasteiger partial charge in [0, 0.05) is 31.7 Å². The Bertz CT molecular complexity index is 266. The fraction of sp³-hybridized carbons (Fsp3) is 1.00. The minimum atomic E-state index is 0.790. The largest absolute Gasteiger partial charge is 0.311 e. The van der Waals surface area contributed by atoms with Crippen molar-refractivity contribution in [2.75, 3.05) is 19.6 Å². The van der Waals surface area contributed by atoms with Crippen LogP contribution in [0.25, 0.3) is 0 Å². The van der Waals surface area contributed by atoms with Crippen LogP contribution in [0.15, 0.2) is 0 Å². The van der Waals surface area contributed by atoms with Crippen molar-refractivity contribution in [1.29, 1.82) is 0 Å². The lowest BCUT2D eigenvalue weighted by molar-refractivity contribution is 0.0882. The summed E-state index contributed by atoms with van der Waals surface area (Å²) >= 11 is 0. The summed E-state index contributed by atoms with van der Waals surface area (Å²) in [4.78, 5) is 2.81. The molecule has 0 aromatic carbocycles. The van der Waals surface area contributed by atoms with Crippen LogP contribution >= 0.6 is 0 Å². The summed E-state index contributed by atoms with van der Waals surface area (Å²) in [6.45, 7) is 6.32. The van der Waals surface area contributed by atoms with E-state index >= 15 is 0 Å². The zero-order chi connectivity index (χ0) is 13.1. The van der Waals surface area contributed by atoms with Crippen molar-refractivity contribution in [3.63, 3.8) is 0 Å². The zero-order valence-electron chi connectivity index (χ0n) is 12.7. The first-order valence-electron chi connectivity index (χ1n) is 8.82. The van der Waals surface area contributed by atoms with Gasteiger partial charge in [-0.05, 0) is 44.4 Å². The first kappa shape index (κ1) is 13.9. The highest BCUT2D eigenvalue weighted by atomic mass is 15.2. The molecule has 0 aromatic rings. The topological polar surface area (TPSA) is 15.3 Å². The molecule has 2 unspecified atom stereocenters. The molecule has 2 aliphatic carbocycles. The minimum absolute atomic E-state index is 0.790. The van der Waals surface area contributed by atoms with Crippen LogP contribution in [0.3, 0.4) is 0 Å². The molecule has 19 heavy (non-hydrogen) atoms. The minimum Gasteiger partial charge on any atom is -0.311 e. The predicted octanol–water partition coefficient (Wildman–Crippen LogP) is 3.42. The maximum absolute atomic E-state index is 3.82. The summed E-state index contributed by atoms with van der Waals surface area (Å²) in [7, 11) is 0. The molecule has 0 aromatic heterocycles. The average molecular weight is 264 g/mol. The second-order valence-electron chi connectivity index (χ2n) is 7.24. The van der Waals surface area contributed by atoms with Crippen molar-refractivity contribution in [3.8, 4) is 0 Å². The maximum Gasteiger partial charge on any atom is 0.0223 e. The molecular weight excluding hydrogens is 232 g/mol. The summed E-state index contributed by atoms with van der Waals surface area (Å²) < 4.78 is 0. The highest BCUT2D eigenvalue weighted by molar-refractivity contribution is 4.89. The second kappa shape index (κ2) is 6.58. The van der Waals surface area contributed by atoms with Gasteiger partial charge >= 0.3 is 0 Å².